The topological polar surface area (TPSA) is 78.2 Å². The number of hydrogen-bond acceptors (Lipinski definition) is 5. The van der Waals surface area contributed by atoms with E-state index in [9.17, 15) is 9.59 Å². The number of anilines is 1. The zero-order valence-electron chi connectivity index (χ0n) is 10.8. The Hall–Kier alpha value is -1.63. The standard InChI is InChI=1S/C11H18N4O3/c1-7(8-4-5-18-6-8)12-9-10(16)14(2)11(17)15(3)13-9/h7-8H,4-6H2,1-3H3,(H,12,13). The molecule has 18 heavy (non-hydrogen) atoms. The van der Waals surface area contributed by atoms with Gasteiger partial charge >= 0.3 is 5.69 Å². The van der Waals surface area contributed by atoms with Crippen LogP contribution in [0.25, 0.3) is 0 Å². The Morgan fingerprint density at radius 2 is 2.17 bits per heavy atom. The van der Waals surface area contributed by atoms with E-state index in [1.165, 1.54) is 14.1 Å². The second-order valence-corrected chi connectivity index (χ2v) is 4.68. The van der Waals surface area contributed by atoms with Crippen LogP contribution in [-0.2, 0) is 18.8 Å². The fraction of sp³-hybridized carbons (Fsp3) is 0.727. The largest absolute Gasteiger partial charge is 0.381 e. The first-order chi connectivity index (χ1) is 8.50. The van der Waals surface area contributed by atoms with Crippen LogP contribution in [0.3, 0.4) is 0 Å². The molecule has 2 rings (SSSR count). The van der Waals surface area contributed by atoms with Crippen LogP contribution in [0.15, 0.2) is 9.59 Å². The third kappa shape index (κ3) is 2.31. The molecule has 1 aromatic heterocycles. The molecule has 1 aromatic rings. The predicted molar refractivity (Wildman–Crippen MR) is 66.7 cm³/mol. The summed E-state index contributed by atoms with van der Waals surface area (Å²) in [5, 5.41) is 7.04. The van der Waals surface area contributed by atoms with E-state index >= 15 is 0 Å². The van der Waals surface area contributed by atoms with Gasteiger partial charge in [-0.05, 0) is 13.3 Å². The normalized spacial score (nSPS) is 20.9. The van der Waals surface area contributed by atoms with Crippen molar-refractivity contribution in [1.82, 2.24) is 14.3 Å². The number of nitrogens with zero attached hydrogens (tertiary/aromatic N) is 3. The molecule has 1 fully saturated rings. The lowest BCUT2D eigenvalue weighted by Crippen LogP contribution is -2.41. The van der Waals surface area contributed by atoms with Crippen LogP contribution in [0.1, 0.15) is 13.3 Å². The van der Waals surface area contributed by atoms with Crippen LogP contribution < -0.4 is 16.6 Å². The van der Waals surface area contributed by atoms with E-state index in [0.717, 1.165) is 22.3 Å². The van der Waals surface area contributed by atoms with E-state index in [2.05, 4.69) is 10.4 Å². The van der Waals surface area contributed by atoms with Crippen LogP contribution in [0.2, 0.25) is 0 Å². The van der Waals surface area contributed by atoms with Crippen molar-refractivity contribution in [3.8, 4) is 0 Å². The van der Waals surface area contributed by atoms with Gasteiger partial charge in [0.1, 0.15) is 0 Å². The molecule has 0 radical (unpaired) electrons. The maximum absolute atomic E-state index is 11.9. The van der Waals surface area contributed by atoms with Crippen molar-refractivity contribution in [1.29, 1.82) is 0 Å². The van der Waals surface area contributed by atoms with Crippen molar-refractivity contribution >= 4 is 5.82 Å². The lowest BCUT2D eigenvalue weighted by molar-refractivity contribution is 0.183. The number of aromatic nitrogens is 3. The molecule has 0 amide bonds. The molecule has 1 N–H and O–H groups in total. The molecule has 1 aliphatic heterocycles. The Labute approximate surface area is 104 Å². The summed E-state index contributed by atoms with van der Waals surface area (Å²) < 4.78 is 7.52. The Balaban J connectivity index is 2.24. The highest BCUT2D eigenvalue weighted by atomic mass is 16.5. The van der Waals surface area contributed by atoms with E-state index in [1.807, 2.05) is 6.92 Å². The fourth-order valence-corrected chi connectivity index (χ4v) is 2.07. The molecule has 2 unspecified atom stereocenters. The summed E-state index contributed by atoms with van der Waals surface area (Å²) in [4.78, 5) is 23.4. The maximum Gasteiger partial charge on any atom is 0.346 e. The van der Waals surface area contributed by atoms with E-state index in [0.29, 0.717) is 12.5 Å². The Morgan fingerprint density at radius 3 is 2.78 bits per heavy atom. The van der Waals surface area contributed by atoms with E-state index in [-0.39, 0.29) is 11.9 Å². The fourth-order valence-electron chi connectivity index (χ4n) is 2.07. The number of hydrogen-bond donors (Lipinski definition) is 1. The van der Waals surface area contributed by atoms with Gasteiger partial charge in [-0.3, -0.25) is 9.36 Å². The molecule has 0 saturated carbocycles. The van der Waals surface area contributed by atoms with E-state index in [1.54, 1.807) is 0 Å². The first-order valence-corrected chi connectivity index (χ1v) is 5.99. The number of ether oxygens (including phenoxy) is 1. The first kappa shape index (κ1) is 12.8. The van der Waals surface area contributed by atoms with Crippen LogP contribution in [-0.4, -0.2) is 33.6 Å². The third-order valence-corrected chi connectivity index (χ3v) is 3.36. The van der Waals surface area contributed by atoms with Crippen molar-refractivity contribution in [2.45, 2.75) is 19.4 Å². The van der Waals surface area contributed by atoms with Crippen molar-refractivity contribution in [3.05, 3.63) is 20.8 Å². The summed E-state index contributed by atoms with van der Waals surface area (Å²) >= 11 is 0. The van der Waals surface area contributed by atoms with Gasteiger partial charge in [-0.1, -0.05) is 0 Å². The zero-order valence-corrected chi connectivity index (χ0v) is 10.8. The molecular weight excluding hydrogens is 236 g/mol. The molecule has 7 heteroatoms. The zero-order chi connectivity index (χ0) is 13.3. The first-order valence-electron chi connectivity index (χ1n) is 5.99. The van der Waals surface area contributed by atoms with Crippen LogP contribution >= 0.6 is 0 Å². The Bertz CT molecular complexity index is 542. The lowest BCUT2D eigenvalue weighted by atomic mass is 10.0. The molecule has 7 nitrogen and oxygen atoms in total. The molecule has 2 heterocycles. The van der Waals surface area contributed by atoms with Crippen LogP contribution in [0.5, 0.6) is 0 Å². The van der Waals surface area contributed by atoms with Gasteiger partial charge in [0.25, 0.3) is 5.56 Å². The summed E-state index contributed by atoms with van der Waals surface area (Å²) in [5.41, 5.74) is -0.828. The van der Waals surface area contributed by atoms with Crippen LogP contribution in [0.4, 0.5) is 5.82 Å². The quantitative estimate of drug-likeness (QED) is 0.773. The average molecular weight is 254 g/mol. The molecule has 0 aliphatic carbocycles. The number of nitrogens with one attached hydrogen (secondary N) is 1. The monoisotopic (exact) mass is 254 g/mol. The van der Waals surface area contributed by atoms with E-state index in [4.69, 9.17) is 4.74 Å². The van der Waals surface area contributed by atoms with Crippen LogP contribution in [0, 0.1) is 5.92 Å². The van der Waals surface area contributed by atoms with Gasteiger partial charge in [0, 0.05) is 32.7 Å². The molecule has 2 atom stereocenters. The lowest BCUT2D eigenvalue weighted by Gasteiger charge is -2.19. The van der Waals surface area contributed by atoms with Gasteiger partial charge < -0.3 is 10.1 Å². The Kier molecular flexibility index (Phi) is 3.51. The average Bonchev–Trinajstić information content (AvgIpc) is 2.87. The summed E-state index contributed by atoms with van der Waals surface area (Å²) in [6.45, 7) is 3.45. The minimum atomic E-state index is -0.428. The minimum Gasteiger partial charge on any atom is -0.381 e. The smallest absolute Gasteiger partial charge is 0.346 e. The van der Waals surface area contributed by atoms with Gasteiger partial charge in [-0.25, -0.2) is 9.48 Å². The third-order valence-electron chi connectivity index (χ3n) is 3.36. The van der Waals surface area contributed by atoms with Crippen molar-refractivity contribution in [2.24, 2.45) is 20.0 Å². The van der Waals surface area contributed by atoms with Gasteiger partial charge in [0.2, 0.25) is 5.82 Å². The molecule has 0 bridgehead atoms. The van der Waals surface area contributed by atoms with Gasteiger partial charge in [-0.2, -0.15) is 0 Å². The maximum atomic E-state index is 11.9. The van der Waals surface area contributed by atoms with Gasteiger partial charge in [-0.15, -0.1) is 5.10 Å². The molecule has 0 aromatic carbocycles. The highest BCUT2D eigenvalue weighted by Gasteiger charge is 2.23. The summed E-state index contributed by atoms with van der Waals surface area (Å²) in [6, 6.07) is 0.0882. The number of aryl methyl sites for hydroxylation is 1. The SMILES string of the molecule is CC(Nc1nn(C)c(=O)n(C)c1=O)C1CCOC1. The van der Waals surface area contributed by atoms with Gasteiger partial charge in [0.15, 0.2) is 0 Å². The second kappa shape index (κ2) is 4.93. The van der Waals surface area contributed by atoms with Crippen molar-refractivity contribution in [3.63, 3.8) is 0 Å². The molecule has 100 valence electrons. The second-order valence-electron chi connectivity index (χ2n) is 4.68. The highest BCUT2D eigenvalue weighted by Crippen LogP contribution is 2.18. The Morgan fingerprint density at radius 1 is 1.44 bits per heavy atom. The highest BCUT2D eigenvalue weighted by molar-refractivity contribution is 5.31. The summed E-state index contributed by atoms with van der Waals surface area (Å²) in [6.07, 6.45) is 0.972. The minimum absolute atomic E-state index is 0.0882. The van der Waals surface area contributed by atoms with Crippen molar-refractivity contribution in [2.75, 3.05) is 18.5 Å². The van der Waals surface area contributed by atoms with E-state index < -0.39 is 11.2 Å². The number of rotatable bonds is 3. The van der Waals surface area contributed by atoms with Gasteiger partial charge in [0.05, 0.1) is 6.61 Å². The molecular formula is C11H18N4O3. The molecule has 1 aliphatic rings. The predicted octanol–water partition coefficient (Wildman–Crippen LogP) is -0.684. The van der Waals surface area contributed by atoms with Crippen molar-refractivity contribution < 1.29 is 4.74 Å². The summed E-state index contributed by atoms with van der Waals surface area (Å²) in [5.74, 6) is 0.577. The summed E-state index contributed by atoms with van der Waals surface area (Å²) in [7, 11) is 2.97. The molecule has 1 saturated heterocycles. The molecule has 0 spiro atoms.